The van der Waals surface area contributed by atoms with Gasteiger partial charge in [0.2, 0.25) is 0 Å². The SMILES string of the molecule is CN(C)CCCN(C(=O)c1ccc(N2CCCCC2)c([N+](=O)[O-])c1)c1nc2c(F)cc(F)cc2s1. The predicted molar refractivity (Wildman–Crippen MR) is 134 cm³/mol. The number of nitrogens with zero attached hydrogens (tertiary/aromatic N) is 5. The number of amides is 1. The molecule has 1 aliphatic heterocycles. The summed E-state index contributed by atoms with van der Waals surface area (Å²) in [6.45, 7) is 2.42. The van der Waals surface area contributed by atoms with Crippen LogP contribution in [0, 0.1) is 21.7 Å². The molecule has 1 fully saturated rings. The van der Waals surface area contributed by atoms with Crippen molar-refractivity contribution in [1.29, 1.82) is 0 Å². The number of aromatic nitrogens is 1. The number of nitro groups is 1. The van der Waals surface area contributed by atoms with Crippen LogP contribution in [0.4, 0.5) is 25.3 Å². The van der Waals surface area contributed by atoms with E-state index in [1.807, 2.05) is 23.9 Å². The molecule has 1 saturated heterocycles. The summed E-state index contributed by atoms with van der Waals surface area (Å²) in [5, 5.41) is 12.1. The average Bonchev–Trinajstić information content (AvgIpc) is 3.25. The summed E-state index contributed by atoms with van der Waals surface area (Å²) in [6, 6.07) is 6.46. The molecule has 1 aliphatic rings. The molecule has 1 amide bonds. The Morgan fingerprint density at radius 2 is 1.89 bits per heavy atom. The largest absolute Gasteiger partial charge is 0.366 e. The van der Waals surface area contributed by atoms with E-state index in [0.717, 1.165) is 49.8 Å². The molecule has 0 saturated carbocycles. The summed E-state index contributed by atoms with van der Waals surface area (Å²) in [6.07, 6.45) is 3.62. The van der Waals surface area contributed by atoms with Crippen molar-refractivity contribution in [1.82, 2.24) is 9.88 Å². The number of fused-ring (bicyclic) bond motifs is 1. The Balaban J connectivity index is 1.70. The maximum absolute atomic E-state index is 14.3. The van der Waals surface area contributed by atoms with Crippen LogP contribution < -0.4 is 9.80 Å². The number of hydrogen-bond acceptors (Lipinski definition) is 7. The van der Waals surface area contributed by atoms with Gasteiger partial charge < -0.3 is 9.80 Å². The second-order valence-electron chi connectivity index (χ2n) is 8.85. The van der Waals surface area contributed by atoms with Gasteiger partial charge in [0, 0.05) is 37.3 Å². The highest BCUT2D eigenvalue weighted by atomic mass is 32.1. The molecule has 3 aromatic rings. The van der Waals surface area contributed by atoms with Gasteiger partial charge in [0.15, 0.2) is 10.9 Å². The number of hydrogen-bond donors (Lipinski definition) is 0. The number of thiazole rings is 1. The summed E-state index contributed by atoms with van der Waals surface area (Å²) < 4.78 is 28.3. The minimum absolute atomic E-state index is 0.0109. The third-order valence-corrected chi connectivity index (χ3v) is 7.01. The van der Waals surface area contributed by atoms with Gasteiger partial charge in [-0.15, -0.1) is 0 Å². The normalized spacial score (nSPS) is 14.0. The third-order valence-electron chi connectivity index (χ3n) is 5.98. The lowest BCUT2D eigenvalue weighted by atomic mass is 10.1. The van der Waals surface area contributed by atoms with E-state index in [-0.39, 0.29) is 33.1 Å². The fraction of sp³-hybridized carbons (Fsp3) is 0.417. The lowest BCUT2D eigenvalue weighted by molar-refractivity contribution is -0.384. The highest BCUT2D eigenvalue weighted by Crippen LogP contribution is 2.34. The maximum Gasteiger partial charge on any atom is 0.293 e. The summed E-state index contributed by atoms with van der Waals surface area (Å²) >= 11 is 1.01. The number of nitro benzene ring substituents is 1. The van der Waals surface area contributed by atoms with Gasteiger partial charge in [0.25, 0.3) is 11.6 Å². The first-order valence-electron chi connectivity index (χ1n) is 11.5. The van der Waals surface area contributed by atoms with Crippen LogP contribution in [-0.2, 0) is 0 Å². The quantitative estimate of drug-likeness (QED) is 0.315. The second-order valence-corrected chi connectivity index (χ2v) is 9.86. The maximum atomic E-state index is 14.3. The molecule has 186 valence electrons. The Morgan fingerprint density at radius 3 is 2.57 bits per heavy atom. The molecule has 2 heterocycles. The Hall–Kier alpha value is -3.18. The van der Waals surface area contributed by atoms with Gasteiger partial charge in [0.05, 0.1) is 9.62 Å². The standard InChI is InChI=1S/C24H27F2N5O3S/c1-28(2)9-6-12-30(24-27-22-18(26)14-17(25)15-21(22)35-24)23(32)16-7-8-19(20(13-16)31(33)34)29-10-4-3-5-11-29/h7-8,13-15H,3-6,9-12H2,1-2H3. The number of carbonyl (C=O) groups excluding carboxylic acids is 1. The van der Waals surface area contributed by atoms with Crippen LogP contribution >= 0.6 is 11.3 Å². The Bertz CT molecular complexity index is 1240. The van der Waals surface area contributed by atoms with E-state index in [9.17, 15) is 23.7 Å². The molecule has 0 unspecified atom stereocenters. The number of halogens is 2. The summed E-state index contributed by atoms with van der Waals surface area (Å²) in [4.78, 5) is 34.6. The monoisotopic (exact) mass is 503 g/mol. The molecule has 8 nitrogen and oxygen atoms in total. The van der Waals surface area contributed by atoms with E-state index >= 15 is 0 Å². The van der Waals surface area contributed by atoms with Crippen molar-refractivity contribution >= 4 is 44.0 Å². The minimum Gasteiger partial charge on any atom is -0.366 e. The number of benzene rings is 2. The van der Waals surface area contributed by atoms with Gasteiger partial charge in [-0.2, -0.15) is 0 Å². The van der Waals surface area contributed by atoms with Crippen LogP contribution in [0.25, 0.3) is 10.2 Å². The van der Waals surface area contributed by atoms with Crippen molar-refractivity contribution in [3.63, 3.8) is 0 Å². The van der Waals surface area contributed by atoms with Gasteiger partial charge in [-0.1, -0.05) is 11.3 Å². The zero-order valence-electron chi connectivity index (χ0n) is 19.7. The van der Waals surface area contributed by atoms with Crippen LogP contribution in [0.3, 0.4) is 0 Å². The van der Waals surface area contributed by atoms with Crippen LogP contribution in [-0.4, -0.2) is 61.0 Å². The molecule has 35 heavy (non-hydrogen) atoms. The lowest BCUT2D eigenvalue weighted by Gasteiger charge is -2.28. The zero-order valence-corrected chi connectivity index (χ0v) is 20.5. The van der Waals surface area contributed by atoms with E-state index in [4.69, 9.17) is 0 Å². The fourth-order valence-electron chi connectivity index (χ4n) is 4.25. The molecule has 2 aromatic carbocycles. The number of rotatable bonds is 8. The Kier molecular flexibility index (Phi) is 7.56. The number of piperidine rings is 1. The van der Waals surface area contributed by atoms with Crippen molar-refractivity contribution in [3.8, 4) is 0 Å². The van der Waals surface area contributed by atoms with Crippen LogP contribution in [0.5, 0.6) is 0 Å². The summed E-state index contributed by atoms with van der Waals surface area (Å²) in [7, 11) is 3.81. The molecular formula is C24H27F2N5O3S. The van der Waals surface area contributed by atoms with E-state index in [1.165, 1.54) is 17.0 Å². The smallest absolute Gasteiger partial charge is 0.293 e. The molecule has 0 spiro atoms. The summed E-state index contributed by atoms with van der Waals surface area (Å²) in [5.74, 6) is -2.00. The number of anilines is 2. The highest BCUT2D eigenvalue weighted by Gasteiger charge is 2.27. The molecule has 4 rings (SSSR count). The second kappa shape index (κ2) is 10.6. The van der Waals surface area contributed by atoms with Gasteiger partial charge in [-0.05, 0) is 64.5 Å². The zero-order chi connectivity index (χ0) is 25.1. The first kappa shape index (κ1) is 24.9. The molecule has 0 atom stereocenters. The fourth-order valence-corrected chi connectivity index (χ4v) is 5.28. The van der Waals surface area contributed by atoms with Gasteiger partial charge in [0.1, 0.15) is 17.0 Å². The summed E-state index contributed by atoms with van der Waals surface area (Å²) in [5.41, 5.74) is 0.516. The van der Waals surface area contributed by atoms with Crippen LogP contribution in [0.2, 0.25) is 0 Å². The average molecular weight is 504 g/mol. The third kappa shape index (κ3) is 5.57. The molecule has 0 aliphatic carbocycles. The van der Waals surface area contributed by atoms with Crippen molar-refractivity contribution in [2.45, 2.75) is 25.7 Å². The van der Waals surface area contributed by atoms with Gasteiger partial charge in [-0.25, -0.2) is 13.8 Å². The lowest BCUT2D eigenvalue weighted by Crippen LogP contribution is -2.34. The van der Waals surface area contributed by atoms with E-state index in [2.05, 4.69) is 4.98 Å². The van der Waals surface area contributed by atoms with Crippen LogP contribution in [0.1, 0.15) is 36.0 Å². The van der Waals surface area contributed by atoms with Crippen molar-refractivity contribution < 1.29 is 18.5 Å². The molecule has 0 bridgehead atoms. The predicted octanol–water partition coefficient (Wildman–Crippen LogP) is 5.07. The molecular weight excluding hydrogens is 476 g/mol. The van der Waals surface area contributed by atoms with Gasteiger partial charge in [-0.3, -0.25) is 19.8 Å². The van der Waals surface area contributed by atoms with Crippen molar-refractivity contribution in [2.24, 2.45) is 0 Å². The number of carbonyl (C=O) groups is 1. The minimum atomic E-state index is -0.801. The Morgan fingerprint density at radius 1 is 1.14 bits per heavy atom. The van der Waals surface area contributed by atoms with E-state index in [1.54, 1.807) is 12.1 Å². The topological polar surface area (TPSA) is 82.8 Å². The van der Waals surface area contributed by atoms with E-state index in [0.29, 0.717) is 18.7 Å². The first-order valence-corrected chi connectivity index (χ1v) is 12.3. The Labute approximate surface area is 205 Å². The molecule has 1 aromatic heterocycles. The molecule has 11 heteroatoms. The van der Waals surface area contributed by atoms with Crippen molar-refractivity contribution in [3.05, 3.63) is 57.6 Å². The first-order chi connectivity index (χ1) is 16.7. The van der Waals surface area contributed by atoms with Crippen LogP contribution in [0.15, 0.2) is 30.3 Å². The van der Waals surface area contributed by atoms with Gasteiger partial charge >= 0.3 is 0 Å². The highest BCUT2D eigenvalue weighted by molar-refractivity contribution is 7.22. The molecule has 0 radical (unpaired) electrons. The van der Waals surface area contributed by atoms with Crippen molar-refractivity contribution in [2.75, 3.05) is 50.1 Å². The van der Waals surface area contributed by atoms with E-state index < -0.39 is 22.5 Å². The molecule has 0 N–H and O–H groups in total.